The highest BCUT2D eigenvalue weighted by Gasteiger charge is 2.24. The van der Waals surface area contributed by atoms with Crippen molar-refractivity contribution in [1.82, 2.24) is 20.5 Å². The zero-order chi connectivity index (χ0) is 15.0. The van der Waals surface area contributed by atoms with Gasteiger partial charge >= 0.3 is 0 Å². The predicted molar refractivity (Wildman–Crippen MR) is 86.1 cm³/mol. The highest BCUT2D eigenvalue weighted by Crippen LogP contribution is 2.33. The molecule has 0 radical (unpaired) electrons. The molecular weight excluding hydrogens is 309 g/mol. The van der Waals surface area contributed by atoms with Gasteiger partial charge in [-0.1, -0.05) is 29.3 Å². The van der Waals surface area contributed by atoms with Crippen molar-refractivity contribution in [3.05, 3.63) is 28.2 Å². The minimum Gasteiger partial charge on any atom is -0.336 e. The molecule has 2 aromatic rings. The zero-order valence-electron chi connectivity index (χ0n) is 11.9. The molecule has 1 aromatic heterocycles. The number of hydrogen-bond acceptors (Lipinski definition) is 4. The molecule has 0 amide bonds. The molecule has 21 heavy (non-hydrogen) atoms. The fourth-order valence-electron chi connectivity index (χ4n) is 2.72. The first-order valence-electron chi connectivity index (χ1n) is 6.92. The molecule has 1 fully saturated rings. The number of aromatic nitrogens is 3. The second-order valence-corrected chi connectivity index (χ2v) is 6.27. The van der Waals surface area contributed by atoms with Crippen LogP contribution in [-0.4, -0.2) is 40.4 Å². The normalized spacial score (nSPS) is 22.6. The van der Waals surface area contributed by atoms with Crippen molar-refractivity contribution < 1.29 is 0 Å². The number of anilines is 1. The maximum absolute atomic E-state index is 6.21. The number of piperazine rings is 1. The summed E-state index contributed by atoms with van der Waals surface area (Å²) in [5.74, 6) is 1.28. The Labute approximate surface area is 133 Å². The smallest absolute Gasteiger partial charge is 0.245 e. The van der Waals surface area contributed by atoms with Crippen LogP contribution in [0.15, 0.2) is 18.2 Å². The number of nitrogens with one attached hydrogen (secondary N) is 2. The van der Waals surface area contributed by atoms with Crippen LogP contribution in [-0.2, 0) is 0 Å². The number of hydrogen-bond donors (Lipinski definition) is 2. The average Bonchev–Trinajstić information content (AvgIpc) is 2.87. The molecular formula is C14H17Cl2N5. The Morgan fingerprint density at radius 1 is 1.14 bits per heavy atom. The number of H-pyrrole nitrogens is 1. The minimum absolute atomic E-state index is 0.402. The summed E-state index contributed by atoms with van der Waals surface area (Å²) >= 11 is 12.4. The van der Waals surface area contributed by atoms with E-state index < -0.39 is 0 Å². The Balaban J connectivity index is 1.90. The van der Waals surface area contributed by atoms with Crippen LogP contribution < -0.4 is 10.2 Å². The zero-order valence-corrected chi connectivity index (χ0v) is 13.4. The second-order valence-electron chi connectivity index (χ2n) is 5.45. The van der Waals surface area contributed by atoms with Crippen molar-refractivity contribution in [2.45, 2.75) is 25.9 Å². The molecule has 1 saturated heterocycles. The summed E-state index contributed by atoms with van der Waals surface area (Å²) in [7, 11) is 0. The average molecular weight is 326 g/mol. The van der Waals surface area contributed by atoms with Crippen molar-refractivity contribution in [3.8, 4) is 11.4 Å². The number of rotatable bonds is 2. The lowest BCUT2D eigenvalue weighted by atomic mass is 10.1. The number of benzene rings is 1. The molecule has 2 atom stereocenters. The largest absolute Gasteiger partial charge is 0.336 e. The fourth-order valence-corrected chi connectivity index (χ4v) is 3.30. The summed E-state index contributed by atoms with van der Waals surface area (Å²) < 4.78 is 0. The van der Waals surface area contributed by atoms with E-state index in [-0.39, 0.29) is 0 Å². The van der Waals surface area contributed by atoms with Crippen LogP contribution in [0.3, 0.4) is 0 Å². The molecule has 2 unspecified atom stereocenters. The molecule has 3 rings (SSSR count). The molecule has 1 aliphatic heterocycles. The van der Waals surface area contributed by atoms with Crippen LogP contribution in [0.4, 0.5) is 5.95 Å². The van der Waals surface area contributed by atoms with Gasteiger partial charge in [0, 0.05) is 25.2 Å². The van der Waals surface area contributed by atoms with E-state index in [0.717, 1.165) is 13.1 Å². The topological polar surface area (TPSA) is 56.8 Å². The summed E-state index contributed by atoms with van der Waals surface area (Å²) in [5, 5.41) is 11.9. The first-order valence-corrected chi connectivity index (χ1v) is 7.68. The van der Waals surface area contributed by atoms with Gasteiger partial charge in [-0.15, -0.1) is 5.10 Å². The van der Waals surface area contributed by atoms with E-state index in [9.17, 15) is 0 Å². The lowest BCUT2D eigenvalue weighted by molar-refractivity contribution is 0.403. The summed E-state index contributed by atoms with van der Waals surface area (Å²) in [6, 6.07) is 6.20. The summed E-state index contributed by atoms with van der Waals surface area (Å²) in [6.45, 7) is 6.05. The number of aromatic amines is 1. The van der Waals surface area contributed by atoms with Gasteiger partial charge in [0.1, 0.15) is 0 Å². The highest BCUT2D eigenvalue weighted by atomic mass is 35.5. The Morgan fingerprint density at radius 2 is 1.76 bits per heavy atom. The standard InChI is InChI=1S/C14H17Cl2N5/c1-8-6-21(7-9(2)17-8)14-18-13(19-20-14)12-10(15)4-3-5-11(12)16/h3-5,8-9,17H,6-7H2,1-2H3,(H,18,19,20). The van der Waals surface area contributed by atoms with Crippen molar-refractivity contribution in [1.29, 1.82) is 0 Å². The van der Waals surface area contributed by atoms with Gasteiger partial charge in [-0.3, -0.25) is 5.10 Å². The Bertz CT molecular complexity index is 612. The molecule has 0 aliphatic carbocycles. The third-order valence-corrected chi connectivity index (χ3v) is 4.14. The Kier molecular flexibility index (Phi) is 4.06. The van der Waals surface area contributed by atoms with Crippen molar-refractivity contribution in [2.24, 2.45) is 0 Å². The molecule has 7 heteroatoms. The Morgan fingerprint density at radius 3 is 2.38 bits per heavy atom. The Hall–Kier alpha value is -1.30. The van der Waals surface area contributed by atoms with Crippen LogP contribution in [0.25, 0.3) is 11.4 Å². The van der Waals surface area contributed by atoms with Crippen molar-refractivity contribution in [2.75, 3.05) is 18.0 Å². The molecule has 0 bridgehead atoms. The van der Waals surface area contributed by atoms with E-state index in [0.29, 0.717) is 39.5 Å². The van der Waals surface area contributed by atoms with Gasteiger partial charge in [0.25, 0.3) is 0 Å². The lowest BCUT2D eigenvalue weighted by Gasteiger charge is -2.35. The van der Waals surface area contributed by atoms with E-state index in [1.54, 1.807) is 12.1 Å². The summed E-state index contributed by atoms with van der Waals surface area (Å²) in [4.78, 5) is 6.72. The number of halogens is 2. The van der Waals surface area contributed by atoms with Gasteiger partial charge in [-0.25, -0.2) is 0 Å². The molecule has 5 nitrogen and oxygen atoms in total. The van der Waals surface area contributed by atoms with Crippen LogP contribution >= 0.6 is 23.2 Å². The van der Waals surface area contributed by atoms with Crippen LogP contribution in [0.2, 0.25) is 10.0 Å². The maximum Gasteiger partial charge on any atom is 0.245 e. The van der Waals surface area contributed by atoms with E-state index in [2.05, 4.69) is 39.2 Å². The monoisotopic (exact) mass is 325 g/mol. The maximum atomic E-state index is 6.21. The molecule has 1 aliphatic rings. The summed E-state index contributed by atoms with van der Waals surface area (Å²) in [6.07, 6.45) is 0. The minimum atomic E-state index is 0.402. The lowest BCUT2D eigenvalue weighted by Crippen LogP contribution is -2.54. The van der Waals surface area contributed by atoms with Gasteiger partial charge in [0.05, 0.1) is 15.6 Å². The third kappa shape index (κ3) is 3.00. The van der Waals surface area contributed by atoms with Gasteiger partial charge < -0.3 is 10.2 Å². The van der Waals surface area contributed by atoms with Gasteiger partial charge in [-0.2, -0.15) is 4.98 Å². The van der Waals surface area contributed by atoms with Crippen LogP contribution in [0.5, 0.6) is 0 Å². The number of nitrogens with zero attached hydrogens (tertiary/aromatic N) is 3. The molecule has 0 saturated carbocycles. The van der Waals surface area contributed by atoms with Crippen molar-refractivity contribution in [3.63, 3.8) is 0 Å². The van der Waals surface area contributed by atoms with E-state index in [4.69, 9.17) is 23.2 Å². The molecule has 0 spiro atoms. The summed E-state index contributed by atoms with van der Waals surface area (Å²) in [5.41, 5.74) is 0.691. The van der Waals surface area contributed by atoms with Gasteiger partial charge in [-0.05, 0) is 26.0 Å². The first kappa shape index (κ1) is 14.6. The van der Waals surface area contributed by atoms with Gasteiger partial charge in [0.2, 0.25) is 5.95 Å². The van der Waals surface area contributed by atoms with E-state index in [1.165, 1.54) is 0 Å². The van der Waals surface area contributed by atoms with Crippen LogP contribution in [0.1, 0.15) is 13.8 Å². The van der Waals surface area contributed by atoms with Crippen LogP contribution in [0, 0.1) is 0 Å². The highest BCUT2D eigenvalue weighted by molar-refractivity contribution is 6.38. The van der Waals surface area contributed by atoms with E-state index >= 15 is 0 Å². The molecule has 1 aromatic carbocycles. The molecule has 2 heterocycles. The predicted octanol–water partition coefficient (Wildman–Crippen LogP) is 2.97. The fraction of sp³-hybridized carbons (Fsp3) is 0.429. The quantitative estimate of drug-likeness (QED) is 0.891. The second kappa shape index (κ2) is 5.83. The van der Waals surface area contributed by atoms with Gasteiger partial charge in [0.15, 0.2) is 5.82 Å². The third-order valence-electron chi connectivity index (χ3n) is 3.51. The molecule has 112 valence electrons. The van der Waals surface area contributed by atoms with Crippen molar-refractivity contribution >= 4 is 29.2 Å². The first-order chi connectivity index (χ1) is 10.0. The van der Waals surface area contributed by atoms with E-state index in [1.807, 2.05) is 6.07 Å². The molecule has 2 N–H and O–H groups in total. The SMILES string of the molecule is CC1CN(c2n[nH]c(-c3c(Cl)cccc3Cl)n2)CC(C)N1.